The van der Waals surface area contributed by atoms with Gasteiger partial charge in [-0.15, -0.1) is 0 Å². The molecule has 0 aliphatic carbocycles. The molecule has 0 bridgehead atoms. The van der Waals surface area contributed by atoms with Crippen molar-refractivity contribution < 1.29 is 9.90 Å². The van der Waals surface area contributed by atoms with Gasteiger partial charge in [0.25, 0.3) is 5.56 Å². The van der Waals surface area contributed by atoms with Crippen LogP contribution in [-0.4, -0.2) is 20.2 Å². The van der Waals surface area contributed by atoms with Gasteiger partial charge in [-0.25, -0.2) is 4.79 Å². The van der Waals surface area contributed by atoms with Gasteiger partial charge in [0.1, 0.15) is 6.54 Å². The molecule has 0 unspecified atom stereocenters. The van der Waals surface area contributed by atoms with Gasteiger partial charge < -0.3 is 5.11 Å². The van der Waals surface area contributed by atoms with Gasteiger partial charge in [0.05, 0.1) is 10.9 Å². The Hall–Kier alpha value is -2.37. The lowest BCUT2D eigenvalue weighted by Crippen LogP contribution is -2.39. The minimum absolute atomic E-state index is 0.344. The molecule has 0 saturated carbocycles. The zero-order chi connectivity index (χ0) is 13.4. The fourth-order valence-corrected chi connectivity index (χ4v) is 1.90. The first-order valence-corrected chi connectivity index (χ1v) is 5.34. The fraction of sp³-hybridized carbons (Fsp3) is 0.250. The van der Waals surface area contributed by atoms with Gasteiger partial charge >= 0.3 is 11.7 Å². The number of hydrogen-bond acceptors (Lipinski definition) is 3. The molecular formula is C12H12N2O4. The number of aromatic nitrogens is 2. The first-order chi connectivity index (χ1) is 8.41. The van der Waals surface area contributed by atoms with Crippen LogP contribution in [0, 0.1) is 6.92 Å². The van der Waals surface area contributed by atoms with Crippen LogP contribution < -0.4 is 11.2 Å². The van der Waals surface area contributed by atoms with Gasteiger partial charge in [-0.2, -0.15) is 0 Å². The highest BCUT2D eigenvalue weighted by atomic mass is 16.4. The van der Waals surface area contributed by atoms with Gasteiger partial charge in [0.2, 0.25) is 0 Å². The Balaban J connectivity index is 2.97. The third-order valence-corrected chi connectivity index (χ3v) is 2.79. The number of carboxylic acid groups (broad SMARTS) is 1. The summed E-state index contributed by atoms with van der Waals surface area (Å²) in [7, 11) is 1.34. The van der Waals surface area contributed by atoms with Crippen LogP contribution in [0.25, 0.3) is 10.9 Å². The van der Waals surface area contributed by atoms with Gasteiger partial charge in [-0.1, -0.05) is 11.6 Å². The molecule has 6 heteroatoms. The van der Waals surface area contributed by atoms with E-state index in [-0.39, 0.29) is 0 Å². The van der Waals surface area contributed by atoms with Crippen molar-refractivity contribution in [3.8, 4) is 0 Å². The Bertz CT molecular complexity index is 755. The Kier molecular flexibility index (Phi) is 2.78. The maximum Gasteiger partial charge on any atom is 0.331 e. The fourth-order valence-electron chi connectivity index (χ4n) is 1.90. The molecular weight excluding hydrogens is 236 g/mol. The number of nitrogens with zero attached hydrogens (tertiary/aromatic N) is 2. The summed E-state index contributed by atoms with van der Waals surface area (Å²) >= 11 is 0. The summed E-state index contributed by atoms with van der Waals surface area (Å²) in [5, 5.41) is 9.16. The highest BCUT2D eigenvalue weighted by Gasteiger charge is 2.12. The Morgan fingerprint density at radius 1 is 1.33 bits per heavy atom. The Morgan fingerprint density at radius 2 is 2.00 bits per heavy atom. The quantitative estimate of drug-likeness (QED) is 0.816. The molecule has 1 heterocycles. The van der Waals surface area contributed by atoms with E-state index >= 15 is 0 Å². The zero-order valence-electron chi connectivity index (χ0n) is 10.0. The predicted octanol–water partition coefficient (Wildman–Crippen LogP) is 0.0932. The van der Waals surface area contributed by atoms with E-state index in [1.54, 1.807) is 18.2 Å². The van der Waals surface area contributed by atoms with Crippen molar-refractivity contribution in [2.24, 2.45) is 7.05 Å². The maximum absolute atomic E-state index is 11.9. The highest BCUT2D eigenvalue weighted by Crippen LogP contribution is 2.10. The average Bonchev–Trinajstić information content (AvgIpc) is 2.32. The van der Waals surface area contributed by atoms with Crippen LogP contribution in [-0.2, 0) is 18.4 Å². The second-order valence-corrected chi connectivity index (χ2v) is 4.15. The summed E-state index contributed by atoms with van der Waals surface area (Å²) in [6.07, 6.45) is 0. The van der Waals surface area contributed by atoms with Gasteiger partial charge in [0.15, 0.2) is 0 Å². The lowest BCUT2D eigenvalue weighted by molar-refractivity contribution is -0.137. The zero-order valence-corrected chi connectivity index (χ0v) is 10.0. The number of fused-ring (bicyclic) bond motifs is 1. The molecule has 2 rings (SSSR count). The highest BCUT2D eigenvalue weighted by molar-refractivity contribution is 5.80. The number of carboxylic acids is 1. The van der Waals surface area contributed by atoms with E-state index < -0.39 is 23.8 Å². The van der Waals surface area contributed by atoms with E-state index in [1.165, 1.54) is 7.05 Å². The first-order valence-electron chi connectivity index (χ1n) is 5.34. The van der Waals surface area contributed by atoms with Crippen molar-refractivity contribution in [1.82, 2.24) is 9.13 Å². The summed E-state index contributed by atoms with van der Waals surface area (Å²) in [6, 6.07) is 4.98. The summed E-state index contributed by atoms with van der Waals surface area (Å²) in [6.45, 7) is 1.36. The molecule has 18 heavy (non-hydrogen) atoms. The van der Waals surface area contributed by atoms with Crippen molar-refractivity contribution in [2.75, 3.05) is 0 Å². The molecule has 0 aliphatic heterocycles. The van der Waals surface area contributed by atoms with Crippen molar-refractivity contribution in [2.45, 2.75) is 13.5 Å². The molecule has 0 radical (unpaired) electrons. The number of hydrogen-bond donors (Lipinski definition) is 1. The van der Waals surface area contributed by atoms with E-state index in [4.69, 9.17) is 5.11 Å². The minimum atomic E-state index is -1.13. The normalized spacial score (nSPS) is 10.8. The van der Waals surface area contributed by atoms with Crippen LogP contribution in [0.4, 0.5) is 0 Å². The summed E-state index contributed by atoms with van der Waals surface area (Å²) in [5.41, 5.74) is 0.176. The van der Waals surface area contributed by atoms with Crippen molar-refractivity contribution in [3.05, 3.63) is 44.6 Å². The number of rotatable bonds is 2. The van der Waals surface area contributed by atoms with Crippen molar-refractivity contribution in [1.29, 1.82) is 0 Å². The molecule has 0 atom stereocenters. The molecule has 0 spiro atoms. The van der Waals surface area contributed by atoms with Crippen molar-refractivity contribution >= 4 is 16.9 Å². The SMILES string of the molecule is Cc1ccc2c(c1)c(=O)n(C)c(=O)n2CC(=O)O. The molecule has 0 saturated heterocycles. The Labute approximate surface area is 102 Å². The third kappa shape index (κ3) is 1.81. The van der Waals surface area contributed by atoms with Crippen LogP contribution in [0.2, 0.25) is 0 Å². The molecule has 0 aliphatic rings. The van der Waals surface area contributed by atoms with E-state index in [0.717, 1.165) is 14.7 Å². The van der Waals surface area contributed by atoms with E-state index in [0.29, 0.717) is 10.9 Å². The van der Waals surface area contributed by atoms with Crippen LogP contribution in [0.5, 0.6) is 0 Å². The number of aliphatic carboxylic acids is 1. The van der Waals surface area contributed by atoms with E-state index in [9.17, 15) is 14.4 Å². The van der Waals surface area contributed by atoms with E-state index in [2.05, 4.69) is 0 Å². The largest absolute Gasteiger partial charge is 0.480 e. The smallest absolute Gasteiger partial charge is 0.331 e. The lowest BCUT2D eigenvalue weighted by atomic mass is 10.1. The third-order valence-electron chi connectivity index (χ3n) is 2.79. The molecule has 94 valence electrons. The second-order valence-electron chi connectivity index (χ2n) is 4.15. The van der Waals surface area contributed by atoms with Gasteiger partial charge in [0, 0.05) is 7.05 Å². The van der Waals surface area contributed by atoms with Gasteiger partial charge in [-0.3, -0.25) is 18.7 Å². The standard InChI is InChI=1S/C12H12N2O4/c1-7-3-4-9-8(5-7)11(17)13(2)12(18)14(9)6-10(15)16/h3-5H,6H2,1-2H3,(H,15,16). The molecule has 1 aromatic heterocycles. The predicted molar refractivity (Wildman–Crippen MR) is 65.8 cm³/mol. The molecule has 6 nitrogen and oxygen atoms in total. The van der Waals surface area contributed by atoms with Crippen molar-refractivity contribution in [3.63, 3.8) is 0 Å². The number of carbonyl (C=O) groups is 1. The number of benzene rings is 1. The molecule has 0 amide bonds. The molecule has 0 fully saturated rings. The minimum Gasteiger partial charge on any atom is -0.480 e. The first kappa shape index (κ1) is 12.1. The maximum atomic E-state index is 11.9. The number of aryl methyl sites for hydroxylation is 1. The molecule has 1 N–H and O–H groups in total. The second kappa shape index (κ2) is 4.14. The van der Waals surface area contributed by atoms with Crippen LogP contribution >= 0.6 is 0 Å². The molecule has 2 aromatic rings. The van der Waals surface area contributed by atoms with Gasteiger partial charge in [-0.05, 0) is 19.1 Å². The topological polar surface area (TPSA) is 81.3 Å². The lowest BCUT2D eigenvalue weighted by Gasteiger charge is -2.10. The van der Waals surface area contributed by atoms with Crippen LogP contribution in [0.3, 0.4) is 0 Å². The Morgan fingerprint density at radius 3 is 2.61 bits per heavy atom. The molecule has 1 aromatic carbocycles. The van der Waals surface area contributed by atoms with E-state index in [1.807, 2.05) is 6.92 Å². The summed E-state index contributed by atoms with van der Waals surface area (Å²) < 4.78 is 2.00. The average molecular weight is 248 g/mol. The van der Waals surface area contributed by atoms with Crippen LogP contribution in [0.1, 0.15) is 5.56 Å². The summed E-state index contributed by atoms with van der Waals surface area (Å²) in [4.78, 5) is 34.6. The summed E-state index contributed by atoms with van der Waals surface area (Å²) in [5.74, 6) is -1.13. The monoisotopic (exact) mass is 248 g/mol. The van der Waals surface area contributed by atoms with Crippen LogP contribution in [0.15, 0.2) is 27.8 Å².